The molecule has 1 saturated carbocycles. The van der Waals surface area contributed by atoms with E-state index in [-0.39, 0.29) is 9.79 Å². The Kier molecular flexibility index (Phi) is 4.60. The molecule has 1 aliphatic rings. The molecule has 8 heteroatoms. The van der Waals surface area contributed by atoms with Gasteiger partial charge in [-0.2, -0.15) is 0 Å². The Bertz CT molecular complexity index is 723. The van der Waals surface area contributed by atoms with Crippen molar-refractivity contribution in [2.24, 2.45) is 5.92 Å². The van der Waals surface area contributed by atoms with Crippen LogP contribution in [0, 0.1) is 5.92 Å². The molecule has 0 amide bonds. The summed E-state index contributed by atoms with van der Waals surface area (Å²) in [7, 11) is -5.59. The van der Waals surface area contributed by atoms with E-state index in [1.165, 1.54) is 18.2 Å². The predicted octanol–water partition coefficient (Wildman–Crippen LogP) is 1.21. The number of benzene rings is 1. The fourth-order valence-corrected chi connectivity index (χ4v) is 4.05. The maximum atomic E-state index is 12.3. The van der Waals surface area contributed by atoms with Gasteiger partial charge in [0.1, 0.15) is 4.90 Å². The molecule has 0 spiro atoms. The quantitative estimate of drug-likeness (QED) is 0.783. The molecular weight excluding hydrogens is 312 g/mol. The molecule has 1 aromatic rings. The van der Waals surface area contributed by atoms with Crippen molar-refractivity contribution >= 4 is 25.5 Å². The first-order valence-electron chi connectivity index (χ1n) is 6.75. The van der Waals surface area contributed by atoms with Crippen LogP contribution in [-0.4, -0.2) is 36.7 Å². The molecule has 2 N–H and O–H groups in total. The second kappa shape index (κ2) is 5.94. The number of sulfonamides is 1. The Morgan fingerprint density at radius 1 is 1.19 bits per heavy atom. The highest BCUT2D eigenvalue weighted by Crippen LogP contribution is 2.32. The van der Waals surface area contributed by atoms with Gasteiger partial charge in [-0.1, -0.05) is 12.8 Å². The fourth-order valence-electron chi connectivity index (χ4n) is 2.04. The van der Waals surface area contributed by atoms with Gasteiger partial charge in [0.15, 0.2) is 9.84 Å². The van der Waals surface area contributed by atoms with E-state index in [4.69, 9.17) is 0 Å². The highest BCUT2D eigenvalue weighted by Gasteiger charge is 2.24. The molecule has 6 nitrogen and oxygen atoms in total. The van der Waals surface area contributed by atoms with E-state index in [1.807, 2.05) is 0 Å². The van der Waals surface area contributed by atoms with Crippen LogP contribution in [0.15, 0.2) is 28.0 Å². The first-order chi connectivity index (χ1) is 9.74. The Morgan fingerprint density at radius 2 is 1.86 bits per heavy atom. The molecule has 0 saturated heterocycles. The van der Waals surface area contributed by atoms with Crippen molar-refractivity contribution in [2.45, 2.75) is 29.1 Å². The van der Waals surface area contributed by atoms with Crippen molar-refractivity contribution in [1.29, 1.82) is 0 Å². The highest BCUT2D eigenvalue weighted by atomic mass is 32.2. The first kappa shape index (κ1) is 16.3. The summed E-state index contributed by atoms with van der Waals surface area (Å²) >= 11 is 0. The van der Waals surface area contributed by atoms with E-state index in [9.17, 15) is 16.8 Å². The minimum Gasteiger partial charge on any atom is -0.387 e. The summed E-state index contributed by atoms with van der Waals surface area (Å²) in [5, 5.41) is 2.78. The summed E-state index contributed by atoms with van der Waals surface area (Å²) in [5.41, 5.74) is 0.376. The lowest BCUT2D eigenvalue weighted by Crippen LogP contribution is -2.26. The van der Waals surface area contributed by atoms with Crippen molar-refractivity contribution in [3.05, 3.63) is 18.2 Å². The van der Waals surface area contributed by atoms with Crippen LogP contribution in [0.5, 0.6) is 0 Å². The van der Waals surface area contributed by atoms with E-state index < -0.39 is 19.9 Å². The van der Waals surface area contributed by atoms with Gasteiger partial charge in [0, 0.05) is 19.8 Å². The van der Waals surface area contributed by atoms with Gasteiger partial charge in [0.25, 0.3) is 0 Å². The molecule has 0 unspecified atom stereocenters. The third-order valence-electron chi connectivity index (χ3n) is 3.48. The second-order valence-corrected chi connectivity index (χ2v) is 9.06. The molecule has 2 rings (SSSR count). The number of hydrogen-bond donors (Lipinski definition) is 2. The van der Waals surface area contributed by atoms with Crippen molar-refractivity contribution in [1.82, 2.24) is 4.72 Å². The molecule has 1 aliphatic carbocycles. The molecule has 118 valence electrons. The SMILES string of the molecule is CNc1ccc(S(C)(=O)=O)cc1S(=O)(=O)NCCC1CC1. The number of hydrogen-bond acceptors (Lipinski definition) is 5. The normalized spacial score (nSPS) is 15.9. The maximum absolute atomic E-state index is 12.3. The minimum atomic E-state index is -3.73. The largest absolute Gasteiger partial charge is 0.387 e. The van der Waals surface area contributed by atoms with Gasteiger partial charge < -0.3 is 5.32 Å². The predicted molar refractivity (Wildman–Crippen MR) is 81.6 cm³/mol. The maximum Gasteiger partial charge on any atom is 0.242 e. The van der Waals surface area contributed by atoms with E-state index in [1.54, 1.807) is 7.05 Å². The van der Waals surface area contributed by atoms with E-state index in [2.05, 4.69) is 10.0 Å². The van der Waals surface area contributed by atoms with Crippen molar-refractivity contribution in [3.8, 4) is 0 Å². The number of sulfone groups is 1. The van der Waals surface area contributed by atoms with Crippen LogP contribution >= 0.6 is 0 Å². The molecular formula is C13H20N2O4S2. The monoisotopic (exact) mass is 332 g/mol. The molecule has 0 bridgehead atoms. The number of nitrogens with one attached hydrogen (secondary N) is 2. The molecule has 1 aromatic carbocycles. The van der Waals surface area contributed by atoms with Crippen molar-refractivity contribution in [2.75, 3.05) is 25.2 Å². The van der Waals surface area contributed by atoms with Crippen molar-refractivity contribution in [3.63, 3.8) is 0 Å². The summed E-state index contributed by atoms with van der Waals surface area (Å²) in [4.78, 5) is -0.0483. The Hall–Kier alpha value is -1.12. The molecule has 1 fully saturated rings. The standard InChI is InChI=1S/C13H20N2O4S2/c1-14-12-6-5-11(20(2,16)17)9-13(12)21(18,19)15-8-7-10-3-4-10/h5-6,9-10,14-15H,3-4,7-8H2,1-2H3. The topological polar surface area (TPSA) is 92.3 Å². The van der Waals surface area contributed by atoms with Crippen LogP contribution in [0.1, 0.15) is 19.3 Å². The van der Waals surface area contributed by atoms with E-state index in [0.717, 1.165) is 25.5 Å². The third-order valence-corrected chi connectivity index (χ3v) is 6.09. The zero-order valence-corrected chi connectivity index (χ0v) is 13.7. The molecule has 21 heavy (non-hydrogen) atoms. The molecule has 0 aromatic heterocycles. The summed E-state index contributed by atoms with van der Waals surface area (Å²) in [6.07, 6.45) is 4.19. The van der Waals surface area contributed by atoms with Gasteiger partial charge >= 0.3 is 0 Å². The summed E-state index contributed by atoms with van der Waals surface area (Å²) in [6.45, 7) is 0.374. The summed E-state index contributed by atoms with van der Waals surface area (Å²) < 4.78 is 50.4. The smallest absolute Gasteiger partial charge is 0.242 e. The Morgan fingerprint density at radius 3 is 2.38 bits per heavy atom. The van der Waals surface area contributed by atoms with Crippen LogP contribution in [0.2, 0.25) is 0 Å². The highest BCUT2D eigenvalue weighted by molar-refractivity contribution is 7.91. The van der Waals surface area contributed by atoms with Crippen LogP contribution in [0.25, 0.3) is 0 Å². The summed E-state index contributed by atoms with van der Waals surface area (Å²) in [5.74, 6) is 0.624. The lowest BCUT2D eigenvalue weighted by Gasteiger charge is -2.12. The van der Waals surface area contributed by atoms with E-state index >= 15 is 0 Å². The number of anilines is 1. The van der Waals surface area contributed by atoms with Crippen LogP contribution < -0.4 is 10.0 Å². The third kappa shape index (κ3) is 4.18. The molecule has 0 aliphatic heterocycles. The molecule has 0 heterocycles. The van der Waals surface area contributed by atoms with Gasteiger partial charge in [0.2, 0.25) is 10.0 Å². The number of rotatable bonds is 7. The Labute approximate surface area is 125 Å². The van der Waals surface area contributed by atoms with E-state index in [0.29, 0.717) is 18.2 Å². The van der Waals surface area contributed by atoms with Crippen LogP contribution in [0.4, 0.5) is 5.69 Å². The zero-order valence-electron chi connectivity index (χ0n) is 12.1. The van der Waals surface area contributed by atoms with Crippen LogP contribution in [-0.2, 0) is 19.9 Å². The zero-order chi connectivity index (χ0) is 15.7. The van der Waals surface area contributed by atoms with Gasteiger partial charge in [-0.25, -0.2) is 21.6 Å². The van der Waals surface area contributed by atoms with Crippen molar-refractivity contribution < 1.29 is 16.8 Å². The van der Waals surface area contributed by atoms with Gasteiger partial charge in [-0.3, -0.25) is 0 Å². The van der Waals surface area contributed by atoms with Gasteiger partial charge in [-0.15, -0.1) is 0 Å². The average Bonchev–Trinajstić information content (AvgIpc) is 3.21. The average molecular weight is 332 g/mol. The van der Waals surface area contributed by atoms with Gasteiger partial charge in [0.05, 0.1) is 10.6 Å². The van der Waals surface area contributed by atoms with Gasteiger partial charge in [-0.05, 0) is 30.5 Å². The lowest BCUT2D eigenvalue weighted by molar-refractivity contribution is 0.575. The molecule has 0 radical (unpaired) electrons. The lowest BCUT2D eigenvalue weighted by atomic mass is 10.3. The molecule has 0 atom stereocenters. The minimum absolute atomic E-state index is 0.0101. The second-order valence-electron chi connectivity index (χ2n) is 5.31. The van der Waals surface area contributed by atoms with Crippen LogP contribution in [0.3, 0.4) is 0 Å². The Balaban J connectivity index is 2.29. The summed E-state index contributed by atoms with van der Waals surface area (Å²) in [6, 6.07) is 4.05. The first-order valence-corrected chi connectivity index (χ1v) is 10.1. The fraction of sp³-hybridized carbons (Fsp3) is 0.538.